The SMILES string of the molecule is CC(O)c1ccc(Oc2ccc(CNC(=O)C3(NC(=O)c4cc(=O)[nH][nH]4)CC3)nc2)c(C(F)(F)F)c1. The first kappa shape index (κ1) is 25.0. The molecule has 3 aromatic rings. The number of aromatic amines is 2. The van der Waals surface area contributed by atoms with Crippen LogP contribution in [0.25, 0.3) is 0 Å². The number of carbonyl (C=O) groups is 2. The predicted octanol–water partition coefficient (Wildman–Crippen LogP) is 2.54. The number of rotatable bonds is 8. The second kappa shape index (κ2) is 9.49. The Hall–Kier alpha value is -4.13. The first-order valence-corrected chi connectivity index (χ1v) is 10.9. The third-order valence-corrected chi connectivity index (χ3v) is 5.62. The van der Waals surface area contributed by atoms with Gasteiger partial charge >= 0.3 is 6.18 Å². The van der Waals surface area contributed by atoms with Gasteiger partial charge in [-0.1, -0.05) is 6.07 Å². The molecule has 1 atom stereocenters. The Labute approximate surface area is 201 Å². The lowest BCUT2D eigenvalue weighted by Gasteiger charge is -2.17. The van der Waals surface area contributed by atoms with Crippen LogP contribution in [0, 0.1) is 0 Å². The molecule has 10 nitrogen and oxygen atoms in total. The van der Waals surface area contributed by atoms with Crippen LogP contribution < -0.4 is 20.9 Å². The van der Waals surface area contributed by atoms with E-state index in [2.05, 4.69) is 25.8 Å². The molecule has 0 bridgehead atoms. The van der Waals surface area contributed by atoms with E-state index in [1.807, 2.05) is 0 Å². The summed E-state index contributed by atoms with van der Waals surface area (Å²) < 4.78 is 45.7. The Balaban J connectivity index is 1.37. The molecule has 13 heteroatoms. The maximum atomic E-state index is 13.5. The fraction of sp³-hybridized carbons (Fsp3) is 0.304. The van der Waals surface area contributed by atoms with Gasteiger partial charge in [-0.3, -0.25) is 29.6 Å². The number of carbonyl (C=O) groups excluding carboxylic acids is 2. The van der Waals surface area contributed by atoms with Gasteiger partial charge in [-0.15, -0.1) is 0 Å². The van der Waals surface area contributed by atoms with Crippen molar-refractivity contribution >= 4 is 11.8 Å². The molecular weight excluding hydrogens is 483 g/mol. The van der Waals surface area contributed by atoms with E-state index in [1.54, 1.807) is 0 Å². The number of aromatic nitrogens is 3. The van der Waals surface area contributed by atoms with Crippen LogP contribution in [0.1, 0.15) is 53.2 Å². The third-order valence-electron chi connectivity index (χ3n) is 5.62. The second-order valence-electron chi connectivity index (χ2n) is 8.41. The monoisotopic (exact) mass is 505 g/mol. The number of hydrogen-bond donors (Lipinski definition) is 5. The molecule has 190 valence electrons. The first-order chi connectivity index (χ1) is 17.0. The van der Waals surface area contributed by atoms with E-state index in [1.165, 1.54) is 31.3 Å². The van der Waals surface area contributed by atoms with E-state index in [0.29, 0.717) is 18.5 Å². The number of hydrogen-bond acceptors (Lipinski definition) is 6. The van der Waals surface area contributed by atoms with Gasteiger partial charge in [-0.2, -0.15) is 13.2 Å². The minimum atomic E-state index is -4.69. The van der Waals surface area contributed by atoms with Gasteiger partial charge in [-0.05, 0) is 49.6 Å². The van der Waals surface area contributed by atoms with Gasteiger partial charge < -0.3 is 20.5 Å². The summed E-state index contributed by atoms with van der Waals surface area (Å²) in [5, 5.41) is 19.5. The molecule has 0 aliphatic heterocycles. The van der Waals surface area contributed by atoms with Crippen LogP contribution in [-0.4, -0.2) is 37.6 Å². The molecule has 1 aliphatic carbocycles. The lowest BCUT2D eigenvalue weighted by Crippen LogP contribution is -2.48. The van der Waals surface area contributed by atoms with E-state index >= 15 is 0 Å². The molecule has 1 saturated carbocycles. The Kier molecular flexibility index (Phi) is 6.59. The van der Waals surface area contributed by atoms with Crippen molar-refractivity contribution < 1.29 is 32.6 Å². The lowest BCUT2D eigenvalue weighted by molar-refractivity contribution is -0.138. The minimum Gasteiger partial charge on any atom is -0.455 e. The maximum Gasteiger partial charge on any atom is 0.419 e. The number of nitrogens with zero attached hydrogens (tertiary/aromatic N) is 1. The van der Waals surface area contributed by atoms with E-state index in [9.17, 15) is 32.7 Å². The maximum absolute atomic E-state index is 13.5. The quantitative estimate of drug-likeness (QED) is 0.318. The number of halogens is 3. The summed E-state index contributed by atoms with van der Waals surface area (Å²) in [6.07, 6.45) is -3.69. The smallest absolute Gasteiger partial charge is 0.419 e. The first-order valence-electron chi connectivity index (χ1n) is 10.9. The van der Waals surface area contributed by atoms with Crippen LogP contribution >= 0.6 is 0 Å². The molecule has 4 rings (SSSR count). The van der Waals surface area contributed by atoms with Gasteiger partial charge in [-0.25, -0.2) is 0 Å². The fourth-order valence-corrected chi connectivity index (χ4v) is 3.43. The highest BCUT2D eigenvalue weighted by Crippen LogP contribution is 2.39. The number of H-pyrrole nitrogens is 2. The average Bonchev–Trinajstić information content (AvgIpc) is 3.48. The molecule has 0 saturated heterocycles. The number of aliphatic hydroxyl groups is 1. The molecule has 2 amide bonds. The summed E-state index contributed by atoms with van der Waals surface area (Å²) in [7, 11) is 0. The van der Waals surface area contributed by atoms with Crippen molar-refractivity contribution in [3.05, 3.63) is 75.5 Å². The fourth-order valence-electron chi connectivity index (χ4n) is 3.43. The lowest BCUT2D eigenvalue weighted by atomic mass is 10.1. The summed E-state index contributed by atoms with van der Waals surface area (Å²) in [6.45, 7) is 1.37. The van der Waals surface area contributed by atoms with Crippen molar-refractivity contribution in [1.82, 2.24) is 25.8 Å². The Morgan fingerprint density at radius 3 is 2.50 bits per heavy atom. The molecule has 0 radical (unpaired) electrons. The molecular formula is C23H22F3N5O5. The van der Waals surface area contributed by atoms with Crippen LogP contribution in [0.15, 0.2) is 47.4 Å². The van der Waals surface area contributed by atoms with Gasteiger partial charge in [0.15, 0.2) is 0 Å². The number of benzene rings is 1. The van der Waals surface area contributed by atoms with E-state index in [-0.39, 0.29) is 23.6 Å². The Bertz CT molecular complexity index is 1330. The predicted molar refractivity (Wildman–Crippen MR) is 119 cm³/mol. The molecule has 1 unspecified atom stereocenters. The van der Waals surface area contributed by atoms with Gasteiger partial charge in [0, 0.05) is 6.07 Å². The Morgan fingerprint density at radius 2 is 1.94 bits per heavy atom. The summed E-state index contributed by atoms with van der Waals surface area (Å²) in [5.41, 5.74) is -2.07. The minimum absolute atomic E-state index is 0.00511. The number of amides is 2. The van der Waals surface area contributed by atoms with E-state index in [0.717, 1.165) is 18.2 Å². The molecule has 2 aromatic heterocycles. The highest BCUT2D eigenvalue weighted by atomic mass is 19.4. The zero-order chi connectivity index (χ0) is 26.1. The van der Waals surface area contributed by atoms with E-state index < -0.39 is 46.5 Å². The zero-order valence-electron chi connectivity index (χ0n) is 18.9. The average molecular weight is 505 g/mol. The standard InChI is InChI=1S/C23H22F3N5O5/c1-12(32)13-2-5-18(16(8-13)23(24,25)26)36-15-4-3-14(27-11-15)10-28-21(35)22(6-7-22)29-20(34)17-9-19(33)31-30-17/h2-5,8-9,11-12,32H,6-7,10H2,1H3,(H,28,35)(H,29,34)(H2,30,31,33). The van der Waals surface area contributed by atoms with Gasteiger partial charge in [0.1, 0.15) is 22.7 Å². The molecule has 36 heavy (non-hydrogen) atoms. The van der Waals surface area contributed by atoms with Crippen molar-refractivity contribution in [1.29, 1.82) is 0 Å². The van der Waals surface area contributed by atoms with Crippen molar-refractivity contribution in [3.63, 3.8) is 0 Å². The summed E-state index contributed by atoms with van der Waals surface area (Å²) in [4.78, 5) is 40.1. The zero-order valence-corrected chi connectivity index (χ0v) is 18.9. The number of alkyl halides is 3. The number of nitrogens with one attached hydrogen (secondary N) is 4. The van der Waals surface area contributed by atoms with Gasteiger partial charge in [0.05, 0.1) is 30.1 Å². The van der Waals surface area contributed by atoms with Crippen molar-refractivity contribution in [2.75, 3.05) is 0 Å². The summed E-state index contributed by atoms with van der Waals surface area (Å²) >= 11 is 0. The summed E-state index contributed by atoms with van der Waals surface area (Å²) in [6, 6.07) is 7.27. The van der Waals surface area contributed by atoms with Gasteiger partial charge in [0.2, 0.25) is 5.91 Å². The van der Waals surface area contributed by atoms with Crippen LogP contribution in [-0.2, 0) is 17.5 Å². The highest BCUT2D eigenvalue weighted by Gasteiger charge is 2.51. The second-order valence-corrected chi connectivity index (χ2v) is 8.41. The normalized spacial score (nSPS) is 15.1. The van der Waals surface area contributed by atoms with E-state index in [4.69, 9.17) is 4.74 Å². The number of pyridine rings is 1. The van der Waals surface area contributed by atoms with Crippen LogP contribution in [0.5, 0.6) is 11.5 Å². The molecule has 5 N–H and O–H groups in total. The number of aliphatic hydroxyl groups excluding tert-OH is 1. The summed E-state index contributed by atoms with van der Waals surface area (Å²) in [5.74, 6) is -1.42. The van der Waals surface area contributed by atoms with Crippen LogP contribution in [0.3, 0.4) is 0 Å². The Morgan fingerprint density at radius 1 is 1.19 bits per heavy atom. The molecule has 1 aromatic carbocycles. The molecule has 0 spiro atoms. The van der Waals surface area contributed by atoms with Crippen molar-refractivity contribution in [2.45, 2.75) is 44.1 Å². The molecule has 1 aliphatic rings. The topological polar surface area (TPSA) is 149 Å². The van der Waals surface area contributed by atoms with Crippen LogP contribution in [0.2, 0.25) is 0 Å². The van der Waals surface area contributed by atoms with Crippen molar-refractivity contribution in [3.8, 4) is 11.5 Å². The molecule has 1 fully saturated rings. The van der Waals surface area contributed by atoms with Gasteiger partial charge in [0.25, 0.3) is 11.5 Å². The third kappa shape index (κ3) is 5.57. The highest BCUT2D eigenvalue weighted by molar-refractivity contribution is 5.99. The van der Waals surface area contributed by atoms with Crippen LogP contribution in [0.4, 0.5) is 13.2 Å². The number of ether oxygens (including phenoxy) is 1. The van der Waals surface area contributed by atoms with Crippen molar-refractivity contribution in [2.24, 2.45) is 0 Å². The largest absolute Gasteiger partial charge is 0.455 e. The molecule has 2 heterocycles.